The van der Waals surface area contributed by atoms with Crippen LogP contribution in [0.2, 0.25) is 0 Å². The number of Topliss-reactive ketones (excluding diaryl/α,β-unsaturated/α-hetero) is 1. The van der Waals surface area contributed by atoms with Gasteiger partial charge in [0.15, 0.2) is 5.78 Å². The van der Waals surface area contributed by atoms with Gasteiger partial charge in [-0.15, -0.1) is 0 Å². The minimum absolute atomic E-state index is 0.254. The van der Waals surface area contributed by atoms with Crippen LogP contribution in [0.3, 0.4) is 0 Å². The van der Waals surface area contributed by atoms with Gasteiger partial charge in [0.2, 0.25) is 0 Å². The molecule has 1 aromatic rings. The van der Waals surface area contributed by atoms with Gasteiger partial charge in [-0.1, -0.05) is 15.9 Å². The third kappa shape index (κ3) is 1.25. The van der Waals surface area contributed by atoms with Gasteiger partial charge in [0.25, 0.3) is 0 Å². The van der Waals surface area contributed by atoms with E-state index in [1.54, 1.807) is 0 Å². The van der Waals surface area contributed by atoms with Gasteiger partial charge in [-0.3, -0.25) is 4.79 Å². The molecule has 2 rings (SSSR count). The molecule has 0 unspecified atom stereocenters. The number of benzene rings is 1. The molecule has 3 heteroatoms. The van der Waals surface area contributed by atoms with E-state index >= 15 is 0 Å². The molecule has 0 N–H and O–H groups in total. The van der Waals surface area contributed by atoms with Crippen LogP contribution in [0.1, 0.15) is 22.3 Å². The van der Waals surface area contributed by atoms with Crippen molar-refractivity contribution in [2.75, 3.05) is 0 Å². The normalized spacial score (nSPS) is 15.0. The molecule has 1 nitrogen and oxygen atoms in total. The number of halogens is 2. The van der Waals surface area contributed by atoms with Gasteiger partial charge in [0, 0.05) is 20.9 Å². The standard InChI is InChI=1S/C9H6Br2O/c10-6-3-5-1-2-8(12)9(5)7(11)4-6/h3-4H,1-2H2. The van der Waals surface area contributed by atoms with E-state index in [2.05, 4.69) is 31.9 Å². The lowest BCUT2D eigenvalue weighted by molar-refractivity contribution is 0.0994. The van der Waals surface area contributed by atoms with Crippen LogP contribution in [-0.2, 0) is 6.42 Å². The molecule has 0 atom stereocenters. The van der Waals surface area contributed by atoms with Crippen molar-refractivity contribution in [3.8, 4) is 0 Å². The Morgan fingerprint density at radius 2 is 1.92 bits per heavy atom. The van der Waals surface area contributed by atoms with Crippen molar-refractivity contribution in [2.45, 2.75) is 12.8 Å². The Kier molecular flexibility index (Phi) is 2.09. The van der Waals surface area contributed by atoms with Crippen LogP contribution in [0.25, 0.3) is 0 Å². The molecule has 1 aliphatic carbocycles. The summed E-state index contributed by atoms with van der Waals surface area (Å²) in [6, 6.07) is 3.94. The largest absolute Gasteiger partial charge is 0.294 e. The Morgan fingerprint density at radius 3 is 2.67 bits per heavy atom. The van der Waals surface area contributed by atoms with Crippen molar-refractivity contribution < 1.29 is 4.79 Å². The van der Waals surface area contributed by atoms with E-state index in [0.717, 1.165) is 26.5 Å². The first-order valence-corrected chi connectivity index (χ1v) is 5.28. The van der Waals surface area contributed by atoms with Crippen LogP contribution >= 0.6 is 31.9 Å². The molecule has 1 aliphatic rings. The Hall–Kier alpha value is -0.150. The van der Waals surface area contributed by atoms with Crippen LogP contribution in [0.4, 0.5) is 0 Å². The van der Waals surface area contributed by atoms with Crippen molar-refractivity contribution in [3.63, 3.8) is 0 Å². The number of hydrogen-bond acceptors (Lipinski definition) is 1. The number of carbonyl (C=O) groups is 1. The average Bonchev–Trinajstić information content (AvgIpc) is 2.31. The molecule has 0 aromatic heterocycles. The van der Waals surface area contributed by atoms with E-state index < -0.39 is 0 Å². The molecule has 0 fully saturated rings. The van der Waals surface area contributed by atoms with Gasteiger partial charge in [0.05, 0.1) is 0 Å². The van der Waals surface area contributed by atoms with Gasteiger partial charge in [-0.05, 0) is 40.0 Å². The summed E-state index contributed by atoms with van der Waals surface area (Å²) in [5, 5.41) is 0. The predicted octanol–water partition coefficient (Wildman–Crippen LogP) is 3.34. The zero-order valence-electron chi connectivity index (χ0n) is 6.23. The lowest BCUT2D eigenvalue weighted by Crippen LogP contribution is -1.92. The van der Waals surface area contributed by atoms with Crippen molar-refractivity contribution in [1.29, 1.82) is 0 Å². The van der Waals surface area contributed by atoms with Crippen LogP contribution < -0.4 is 0 Å². The van der Waals surface area contributed by atoms with E-state index in [0.29, 0.717) is 6.42 Å². The van der Waals surface area contributed by atoms with Gasteiger partial charge >= 0.3 is 0 Å². The topological polar surface area (TPSA) is 17.1 Å². The van der Waals surface area contributed by atoms with Gasteiger partial charge in [-0.25, -0.2) is 0 Å². The van der Waals surface area contributed by atoms with E-state index in [1.165, 1.54) is 0 Å². The maximum Gasteiger partial charge on any atom is 0.164 e. The highest BCUT2D eigenvalue weighted by molar-refractivity contribution is 9.11. The summed E-state index contributed by atoms with van der Waals surface area (Å²) in [7, 11) is 0. The summed E-state index contributed by atoms with van der Waals surface area (Å²) in [6.45, 7) is 0. The second-order valence-corrected chi connectivity index (χ2v) is 4.61. The monoisotopic (exact) mass is 288 g/mol. The zero-order chi connectivity index (χ0) is 8.72. The Balaban J connectivity index is 2.68. The molecular weight excluding hydrogens is 284 g/mol. The Labute approximate surface area is 87.4 Å². The fraction of sp³-hybridized carbons (Fsp3) is 0.222. The first kappa shape index (κ1) is 8.45. The number of ketones is 1. The highest BCUT2D eigenvalue weighted by Crippen LogP contribution is 2.32. The third-order valence-corrected chi connectivity index (χ3v) is 3.12. The SMILES string of the molecule is O=C1CCc2cc(Br)cc(Br)c21. The Bertz CT molecular complexity index is 358. The summed E-state index contributed by atoms with van der Waals surface area (Å²) < 4.78 is 1.94. The number of carbonyl (C=O) groups excluding carboxylic acids is 1. The van der Waals surface area contributed by atoms with Crippen LogP contribution in [-0.4, -0.2) is 5.78 Å². The first-order chi connectivity index (χ1) is 5.68. The molecule has 12 heavy (non-hydrogen) atoms. The van der Waals surface area contributed by atoms with Gasteiger partial charge in [-0.2, -0.15) is 0 Å². The summed E-state index contributed by atoms with van der Waals surface area (Å²) in [5.74, 6) is 0.254. The predicted molar refractivity (Wildman–Crippen MR) is 54.5 cm³/mol. The zero-order valence-corrected chi connectivity index (χ0v) is 9.41. The average molecular weight is 290 g/mol. The van der Waals surface area contributed by atoms with Crippen molar-refractivity contribution in [2.24, 2.45) is 0 Å². The smallest absolute Gasteiger partial charge is 0.164 e. The Morgan fingerprint density at radius 1 is 1.17 bits per heavy atom. The third-order valence-electron chi connectivity index (χ3n) is 2.04. The number of rotatable bonds is 0. The second kappa shape index (κ2) is 2.96. The van der Waals surface area contributed by atoms with Gasteiger partial charge < -0.3 is 0 Å². The number of aryl methyl sites for hydroxylation is 1. The maximum atomic E-state index is 11.4. The molecule has 62 valence electrons. The molecule has 0 amide bonds. The van der Waals surface area contributed by atoms with Crippen LogP contribution in [0, 0.1) is 0 Å². The lowest BCUT2D eigenvalue weighted by atomic mass is 10.1. The highest BCUT2D eigenvalue weighted by Gasteiger charge is 2.22. The summed E-state index contributed by atoms with van der Waals surface area (Å²) >= 11 is 6.78. The number of hydrogen-bond donors (Lipinski definition) is 0. The van der Waals surface area contributed by atoms with Crippen LogP contribution in [0.15, 0.2) is 21.1 Å². The minimum atomic E-state index is 0.254. The highest BCUT2D eigenvalue weighted by atomic mass is 79.9. The van der Waals surface area contributed by atoms with Crippen molar-refractivity contribution in [1.82, 2.24) is 0 Å². The molecule has 0 aliphatic heterocycles. The summed E-state index contributed by atoms with van der Waals surface area (Å²) in [6.07, 6.45) is 1.54. The first-order valence-electron chi connectivity index (χ1n) is 3.69. The molecule has 0 saturated heterocycles. The van der Waals surface area contributed by atoms with E-state index in [1.807, 2.05) is 12.1 Å². The van der Waals surface area contributed by atoms with E-state index in [-0.39, 0.29) is 5.78 Å². The molecule has 0 saturated carbocycles. The van der Waals surface area contributed by atoms with Crippen LogP contribution in [0.5, 0.6) is 0 Å². The fourth-order valence-electron chi connectivity index (χ4n) is 1.51. The summed E-state index contributed by atoms with van der Waals surface area (Å²) in [5.41, 5.74) is 2.03. The van der Waals surface area contributed by atoms with Crippen molar-refractivity contribution >= 4 is 37.6 Å². The molecule has 1 aromatic carbocycles. The molecule has 0 bridgehead atoms. The quantitative estimate of drug-likeness (QED) is 0.716. The van der Waals surface area contributed by atoms with Gasteiger partial charge in [0.1, 0.15) is 0 Å². The van der Waals surface area contributed by atoms with E-state index in [4.69, 9.17) is 0 Å². The second-order valence-electron chi connectivity index (χ2n) is 2.84. The molecule has 0 radical (unpaired) electrons. The minimum Gasteiger partial charge on any atom is -0.294 e. The summed E-state index contributed by atoms with van der Waals surface area (Å²) in [4.78, 5) is 11.4. The van der Waals surface area contributed by atoms with E-state index in [9.17, 15) is 4.79 Å². The van der Waals surface area contributed by atoms with Crippen molar-refractivity contribution in [3.05, 3.63) is 32.2 Å². The lowest BCUT2D eigenvalue weighted by Gasteiger charge is -2.01. The molecule has 0 heterocycles. The molecule has 0 spiro atoms. The maximum absolute atomic E-state index is 11.4. The molecular formula is C9H6Br2O. The fourth-order valence-corrected chi connectivity index (χ4v) is 3.04. The number of fused-ring (bicyclic) bond motifs is 1.